The topological polar surface area (TPSA) is 15.3 Å². The maximum Gasteiger partial charge on any atom is 0.0637 e. The van der Waals surface area contributed by atoms with Gasteiger partial charge in [0.05, 0.1) is 10.0 Å². The summed E-state index contributed by atoms with van der Waals surface area (Å²) >= 11 is 12.3. The van der Waals surface area contributed by atoms with Gasteiger partial charge in [-0.15, -0.1) is 12.4 Å². The summed E-state index contributed by atoms with van der Waals surface area (Å²) in [6, 6.07) is 6.49. The minimum Gasteiger partial charge on any atom is -0.317 e. The van der Waals surface area contributed by atoms with Gasteiger partial charge in [-0.25, -0.2) is 0 Å². The molecule has 2 nitrogen and oxygen atoms in total. The van der Waals surface area contributed by atoms with Crippen molar-refractivity contribution in [3.8, 4) is 0 Å². The van der Waals surface area contributed by atoms with Crippen molar-refractivity contribution in [1.82, 2.24) is 10.2 Å². The summed E-state index contributed by atoms with van der Waals surface area (Å²) in [6.07, 6.45) is 3.70. The smallest absolute Gasteiger partial charge is 0.0637 e. The summed E-state index contributed by atoms with van der Waals surface area (Å²) in [7, 11) is 2.17. The van der Waals surface area contributed by atoms with E-state index in [0.29, 0.717) is 16.1 Å². The Balaban J connectivity index is 0.00000180. The van der Waals surface area contributed by atoms with Gasteiger partial charge in [0.1, 0.15) is 0 Å². The van der Waals surface area contributed by atoms with E-state index in [1.54, 1.807) is 0 Å². The molecule has 0 saturated carbocycles. The average Bonchev–Trinajstić information content (AvgIpc) is 2.63. The summed E-state index contributed by atoms with van der Waals surface area (Å²) < 4.78 is 0. The molecule has 0 aliphatic carbocycles. The summed E-state index contributed by atoms with van der Waals surface area (Å²) in [5.41, 5.74) is 1.11. The Morgan fingerprint density at radius 1 is 1.26 bits per heavy atom. The molecule has 2 rings (SSSR count). The van der Waals surface area contributed by atoms with Gasteiger partial charge in [0, 0.05) is 12.6 Å². The maximum absolute atomic E-state index is 6.24. The molecule has 0 amide bonds. The fourth-order valence-electron chi connectivity index (χ4n) is 2.51. The van der Waals surface area contributed by atoms with Gasteiger partial charge in [0.2, 0.25) is 0 Å². The second-order valence-corrected chi connectivity index (χ2v) is 5.75. The lowest BCUT2D eigenvalue weighted by atomic mass is 10.1. The van der Waals surface area contributed by atoms with E-state index in [0.717, 1.165) is 25.2 Å². The molecule has 0 bridgehead atoms. The predicted octanol–water partition coefficient (Wildman–Crippen LogP) is 3.99. The molecule has 0 radical (unpaired) electrons. The summed E-state index contributed by atoms with van der Waals surface area (Å²) in [4.78, 5) is 2.39. The molecule has 0 aromatic heterocycles. The lowest BCUT2D eigenvalue weighted by Gasteiger charge is -2.27. The molecule has 1 unspecified atom stereocenters. The number of hydrogen-bond donors (Lipinski definition) is 1. The predicted molar refractivity (Wildman–Crippen MR) is 85.7 cm³/mol. The van der Waals surface area contributed by atoms with Crippen LogP contribution < -0.4 is 5.32 Å². The minimum absolute atomic E-state index is 0. The molecule has 19 heavy (non-hydrogen) atoms. The minimum atomic E-state index is 0. The quantitative estimate of drug-likeness (QED) is 0.905. The highest BCUT2D eigenvalue weighted by Gasteiger charge is 2.17. The zero-order chi connectivity index (χ0) is 13.0. The highest BCUT2D eigenvalue weighted by molar-refractivity contribution is 6.42. The van der Waals surface area contributed by atoms with Crippen molar-refractivity contribution in [2.75, 3.05) is 20.1 Å². The van der Waals surface area contributed by atoms with Crippen molar-refractivity contribution in [1.29, 1.82) is 0 Å². The van der Waals surface area contributed by atoms with Crippen LogP contribution in [0.1, 0.15) is 24.8 Å². The molecule has 0 spiro atoms. The van der Waals surface area contributed by atoms with Gasteiger partial charge < -0.3 is 5.32 Å². The third-order valence-electron chi connectivity index (χ3n) is 3.62. The molecule has 1 fully saturated rings. The van der Waals surface area contributed by atoms with E-state index in [1.807, 2.05) is 12.1 Å². The second-order valence-electron chi connectivity index (χ2n) is 4.96. The first-order valence-electron chi connectivity index (χ1n) is 6.52. The van der Waals surface area contributed by atoms with E-state index in [1.165, 1.54) is 19.3 Å². The molecule has 108 valence electrons. The van der Waals surface area contributed by atoms with Crippen molar-refractivity contribution in [3.63, 3.8) is 0 Å². The van der Waals surface area contributed by atoms with Gasteiger partial charge in [0.15, 0.2) is 0 Å². The molecule has 1 aromatic carbocycles. The molecule has 5 heteroatoms. The number of rotatable bonds is 3. The Kier molecular flexibility index (Phi) is 7.48. The molecule has 1 N–H and O–H groups in total. The van der Waals surface area contributed by atoms with Gasteiger partial charge >= 0.3 is 0 Å². The fraction of sp³-hybridized carbons (Fsp3) is 0.571. The Bertz CT molecular complexity index is 390. The van der Waals surface area contributed by atoms with Crippen molar-refractivity contribution in [2.24, 2.45) is 0 Å². The van der Waals surface area contributed by atoms with Crippen LogP contribution in [0.5, 0.6) is 0 Å². The zero-order valence-corrected chi connectivity index (χ0v) is 13.5. The van der Waals surface area contributed by atoms with Crippen LogP contribution in [-0.4, -0.2) is 31.1 Å². The molecular formula is C14H21Cl3N2. The molecule has 1 aliphatic heterocycles. The summed E-state index contributed by atoms with van der Waals surface area (Å²) in [5.74, 6) is 0. The van der Waals surface area contributed by atoms with Crippen LogP contribution in [0.2, 0.25) is 10.0 Å². The Morgan fingerprint density at radius 3 is 2.84 bits per heavy atom. The zero-order valence-electron chi connectivity index (χ0n) is 11.2. The van der Waals surface area contributed by atoms with E-state index in [2.05, 4.69) is 23.3 Å². The standard InChI is InChI=1S/C14H20Cl2N2.ClH/c1-18(12-5-3-8-17-9-7-12)10-11-4-2-6-13(15)14(11)16;/h2,4,6,12,17H,3,5,7-10H2,1H3;1H. The van der Waals surface area contributed by atoms with Gasteiger partial charge in [0.25, 0.3) is 0 Å². The van der Waals surface area contributed by atoms with Gasteiger partial charge in [-0.2, -0.15) is 0 Å². The molecule has 1 aromatic rings. The molecule has 1 aliphatic rings. The molecule has 1 saturated heterocycles. The third kappa shape index (κ3) is 4.80. The molecular weight excluding hydrogens is 303 g/mol. The number of halogens is 3. The molecule has 1 heterocycles. The van der Waals surface area contributed by atoms with Gasteiger partial charge in [-0.05, 0) is 51.0 Å². The fourth-order valence-corrected chi connectivity index (χ4v) is 2.89. The molecule has 1 atom stereocenters. The van der Waals surface area contributed by atoms with Crippen molar-refractivity contribution >= 4 is 35.6 Å². The maximum atomic E-state index is 6.24. The highest BCUT2D eigenvalue weighted by Crippen LogP contribution is 2.27. The first-order chi connectivity index (χ1) is 8.68. The van der Waals surface area contributed by atoms with E-state index in [-0.39, 0.29) is 12.4 Å². The summed E-state index contributed by atoms with van der Waals surface area (Å²) in [6.45, 7) is 3.12. The van der Waals surface area contributed by atoms with Gasteiger partial charge in [-0.1, -0.05) is 35.3 Å². The van der Waals surface area contributed by atoms with E-state index >= 15 is 0 Å². The van der Waals surface area contributed by atoms with Crippen LogP contribution in [0.3, 0.4) is 0 Å². The van der Waals surface area contributed by atoms with Crippen molar-refractivity contribution in [2.45, 2.75) is 31.8 Å². The van der Waals surface area contributed by atoms with Crippen LogP contribution in [0, 0.1) is 0 Å². The van der Waals surface area contributed by atoms with Gasteiger partial charge in [-0.3, -0.25) is 4.90 Å². The van der Waals surface area contributed by atoms with E-state index < -0.39 is 0 Å². The largest absolute Gasteiger partial charge is 0.317 e. The van der Waals surface area contributed by atoms with Crippen LogP contribution in [-0.2, 0) is 6.54 Å². The monoisotopic (exact) mass is 322 g/mol. The second kappa shape index (κ2) is 8.33. The lowest BCUT2D eigenvalue weighted by molar-refractivity contribution is 0.216. The van der Waals surface area contributed by atoms with Crippen molar-refractivity contribution < 1.29 is 0 Å². The average molecular weight is 324 g/mol. The Hall–Kier alpha value is 0.01000. The van der Waals surface area contributed by atoms with Crippen LogP contribution in [0.15, 0.2) is 18.2 Å². The number of benzene rings is 1. The third-order valence-corrected chi connectivity index (χ3v) is 4.48. The first kappa shape index (κ1) is 17.1. The van der Waals surface area contributed by atoms with Crippen LogP contribution in [0.4, 0.5) is 0 Å². The Labute approximate surface area is 131 Å². The van der Waals surface area contributed by atoms with E-state index in [4.69, 9.17) is 23.2 Å². The number of nitrogens with zero attached hydrogens (tertiary/aromatic N) is 1. The lowest BCUT2D eigenvalue weighted by Crippen LogP contribution is -2.32. The normalized spacial score (nSPS) is 19.9. The highest BCUT2D eigenvalue weighted by atomic mass is 35.5. The van der Waals surface area contributed by atoms with Crippen LogP contribution >= 0.6 is 35.6 Å². The van der Waals surface area contributed by atoms with Crippen LogP contribution in [0.25, 0.3) is 0 Å². The van der Waals surface area contributed by atoms with E-state index in [9.17, 15) is 0 Å². The SMILES string of the molecule is CN(Cc1cccc(Cl)c1Cl)C1CCCNCC1.Cl. The van der Waals surface area contributed by atoms with Crippen molar-refractivity contribution in [3.05, 3.63) is 33.8 Å². The first-order valence-corrected chi connectivity index (χ1v) is 7.28. The Morgan fingerprint density at radius 2 is 2.05 bits per heavy atom. The number of nitrogens with one attached hydrogen (secondary N) is 1. The number of hydrogen-bond acceptors (Lipinski definition) is 2. The summed E-state index contributed by atoms with van der Waals surface area (Å²) in [5, 5.41) is 4.78.